The number of hydrogen-bond donors (Lipinski definition) is 2. The second-order valence-corrected chi connectivity index (χ2v) is 7.49. The molecule has 5 nitrogen and oxygen atoms in total. The first-order valence-electron chi connectivity index (χ1n) is 9.13. The highest BCUT2D eigenvalue weighted by molar-refractivity contribution is 7.13. The molecule has 0 bridgehead atoms. The van der Waals surface area contributed by atoms with Crippen molar-refractivity contribution in [1.29, 1.82) is 0 Å². The summed E-state index contributed by atoms with van der Waals surface area (Å²) in [7, 11) is 0. The summed E-state index contributed by atoms with van der Waals surface area (Å²) in [6, 6.07) is 21.4. The van der Waals surface area contributed by atoms with Crippen LogP contribution in [0, 0.1) is 0 Å². The van der Waals surface area contributed by atoms with Gasteiger partial charge in [0, 0.05) is 28.0 Å². The van der Waals surface area contributed by atoms with Crippen molar-refractivity contribution in [3.8, 4) is 10.6 Å². The average molecular weight is 396 g/mol. The molecule has 0 saturated carbocycles. The molecule has 2 N–H and O–H groups in total. The van der Waals surface area contributed by atoms with Crippen LogP contribution < -0.4 is 5.43 Å². The zero-order valence-corrected chi connectivity index (χ0v) is 16.1. The molecule has 0 fully saturated rings. The van der Waals surface area contributed by atoms with Gasteiger partial charge >= 0.3 is 0 Å². The fraction of sp³-hybridized carbons (Fsp3) is 0. The Hall–Kier alpha value is -3.77. The number of carbonyl (C=O) groups excluding carboxylic acids is 1. The summed E-state index contributed by atoms with van der Waals surface area (Å²) in [5.41, 5.74) is 6.72. The quantitative estimate of drug-likeness (QED) is 0.323. The van der Waals surface area contributed by atoms with Gasteiger partial charge < -0.3 is 4.98 Å². The van der Waals surface area contributed by atoms with Gasteiger partial charge in [-0.1, -0.05) is 42.5 Å². The zero-order chi connectivity index (χ0) is 19.6. The lowest BCUT2D eigenvalue weighted by molar-refractivity contribution is 0.0956. The lowest BCUT2D eigenvalue weighted by Crippen LogP contribution is -2.18. The number of thiophene rings is 1. The van der Waals surface area contributed by atoms with Crippen molar-refractivity contribution in [2.24, 2.45) is 5.10 Å². The number of nitrogens with one attached hydrogen (secondary N) is 2. The van der Waals surface area contributed by atoms with Crippen LogP contribution in [-0.2, 0) is 0 Å². The number of H-pyrrole nitrogens is 1. The van der Waals surface area contributed by atoms with E-state index in [2.05, 4.69) is 15.5 Å². The van der Waals surface area contributed by atoms with Crippen LogP contribution in [0.1, 0.15) is 15.9 Å². The molecule has 3 heterocycles. The number of pyridine rings is 1. The van der Waals surface area contributed by atoms with Gasteiger partial charge in [0.15, 0.2) is 0 Å². The van der Waals surface area contributed by atoms with E-state index in [9.17, 15) is 4.79 Å². The first-order valence-corrected chi connectivity index (χ1v) is 10.0. The second-order valence-electron chi connectivity index (χ2n) is 6.54. The first-order chi connectivity index (χ1) is 14.3. The molecule has 0 radical (unpaired) electrons. The molecule has 1 amide bonds. The number of hydrazone groups is 1. The molecule has 29 heavy (non-hydrogen) atoms. The zero-order valence-electron chi connectivity index (χ0n) is 15.3. The van der Waals surface area contributed by atoms with E-state index >= 15 is 0 Å². The van der Waals surface area contributed by atoms with Gasteiger partial charge in [-0.05, 0) is 29.6 Å². The number of amides is 1. The summed E-state index contributed by atoms with van der Waals surface area (Å²) in [5, 5.41) is 8.03. The van der Waals surface area contributed by atoms with E-state index in [1.54, 1.807) is 17.6 Å². The number of carbonyl (C=O) groups is 1. The van der Waals surface area contributed by atoms with Crippen molar-refractivity contribution in [3.63, 3.8) is 0 Å². The number of aromatic amines is 1. The first kappa shape index (κ1) is 17.3. The Morgan fingerprint density at radius 2 is 1.86 bits per heavy atom. The summed E-state index contributed by atoms with van der Waals surface area (Å²) in [6.45, 7) is 0. The highest BCUT2D eigenvalue weighted by Crippen LogP contribution is 2.27. The maximum Gasteiger partial charge on any atom is 0.272 e. The number of rotatable bonds is 4. The van der Waals surface area contributed by atoms with E-state index in [4.69, 9.17) is 4.98 Å². The van der Waals surface area contributed by atoms with E-state index in [0.29, 0.717) is 5.56 Å². The molecule has 0 spiro atoms. The lowest BCUT2D eigenvalue weighted by Gasteiger charge is -2.07. The Balaban J connectivity index is 1.47. The van der Waals surface area contributed by atoms with Crippen molar-refractivity contribution in [3.05, 3.63) is 89.4 Å². The molecule has 140 valence electrons. The van der Waals surface area contributed by atoms with Gasteiger partial charge in [-0.2, -0.15) is 5.10 Å². The van der Waals surface area contributed by atoms with E-state index in [1.165, 1.54) is 0 Å². The van der Waals surface area contributed by atoms with Crippen LogP contribution >= 0.6 is 11.3 Å². The molecular formula is C23H16N4OS. The number of aromatic nitrogens is 2. The van der Waals surface area contributed by atoms with E-state index in [1.807, 2.05) is 78.3 Å². The Morgan fingerprint density at radius 1 is 1.03 bits per heavy atom. The number of nitrogens with zero attached hydrogens (tertiary/aromatic N) is 2. The van der Waals surface area contributed by atoms with Crippen LogP contribution in [0.5, 0.6) is 0 Å². The molecule has 3 aromatic heterocycles. The van der Waals surface area contributed by atoms with E-state index < -0.39 is 0 Å². The second kappa shape index (κ2) is 7.33. The molecule has 2 aromatic carbocycles. The Bertz CT molecular complexity index is 1350. The lowest BCUT2D eigenvalue weighted by atomic mass is 10.1. The van der Waals surface area contributed by atoms with Gasteiger partial charge in [0.25, 0.3) is 5.91 Å². The fourth-order valence-electron chi connectivity index (χ4n) is 3.34. The third-order valence-corrected chi connectivity index (χ3v) is 5.62. The maximum atomic E-state index is 12.9. The Labute approximate surface area is 170 Å². The summed E-state index contributed by atoms with van der Waals surface area (Å²) >= 11 is 1.59. The molecule has 5 rings (SSSR count). The Morgan fingerprint density at radius 3 is 2.72 bits per heavy atom. The molecule has 0 atom stereocenters. The number of para-hydroxylation sites is 2. The van der Waals surface area contributed by atoms with Gasteiger partial charge in [-0.15, -0.1) is 11.3 Å². The van der Waals surface area contributed by atoms with Crippen molar-refractivity contribution < 1.29 is 4.79 Å². The topological polar surface area (TPSA) is 70.1 Å². The van der Waals surface area contributed by atoms with Crippen LogP contribution in [0.4, 0.5) is 0 Å². The van der Waals surface area contributed by atoms with Crippen LogP contribution in [0.15, 0.2) is 83.4 Å². The van der Waals surface area contributed by atoms with Crippen LogP contribution in [0.25, 0.3) is 32.4 Å². The van der Waals surface area contributed by atoms with Crippen molar-refractivity contribution in [1.82, 2.24) is 15.4 Å². The summed E-state index contributed by atoms with van der Waals surface area (Å²) in [5.74, 6) is -0.266. The third-order valence-electron chi connectivity index (χ3n) is 4.73. The van der Waals surface area contributed by atoms with Gasteiger partial charge in [0.1, 0.15) is 0 Å². The standard InChI is InChI=1S/C23H16N4OS/c28-23(27-25-14-15-13-24-19-8-3-1-6-16(15)19)18-12-21(22-10-5-11-29-22)26-20-9-4-2-7-17(18)20/h1-14,24H,(H,27,28)/b25-14-. The minimum absolute atomic E-state index is 0.266. The summed E-state index contributed by atoms with van der Waals surface area (Å²) < 4.78 is 0. The molecule has 0 saturated heterocycles. The van der Waals surface area contributed by atoms with Crippen molar-refractivity contribution >= 4 is 45.3 Å². The SMILES string of the molecule is O=C(N/N=C\c1c[nH]c2ccccc12)c1cc(-c2cccs2)nc2ccccc12. The van der Waals surface area contributed by atoms with Crippen molar-refractivity contribution in [2.75, 3.05) is 0 Å². The minimum Gasteiger partial charge on any atom is -0.361 e. The maximum absolute atomic E-state index is 12.9. The Kier molecular flexibility index (Phi) is 4.38. The largest absolute Gasteiger partial charge is 0.361 e. The minimum atomic E-state index is -0.266. The highest BCUT2D eigenvalue weighted by atomic mass is 32.1. The van der Waals surface area contributed by atoms with Crippen LogP contribution in [0.2, 0.25) is 0 Å². The molecule has 0 aliphatic carbocycles. The summed E-state index contributed by atoms with van der Waals surface area (Å²) in [4.78, 5) is 21.8. The predicted molar refractivity (Wildman–Crippen MR) is 118 cm³/mol. The average Bonchev–Trinajstić information content (AvgIpc) is 3.43. The highest BCUT2D eigenvalue weighted by Gasteiger charge is 2.14. The molecule has 0 unspecified atom stereocenters. The van der Waals surface area contributed by atoms with Crippen LogP contribution in [0.3, 0.4) is 0 Å². The van der Waals surface area contributed by atoms with Crippen molar-refractivity contribution in [2.45, 2.75) is 0 Å². The molecule has 0 aliphatic heterocycles. The number of benzene rings is 2. The van der Waals surface area contributed by atoms with Gasteiger partial charge in [0.05, 0.1) is 27.9 Å². The van der Waals surface area contributed by atoms with E-state index in [-0.39, 0.29) is 5.91 Å². The van der Waals surface area contributed by atoms with Gasteiger partial charge in [-0.25, -0.2) is 10.4 Å². The number of hydrogen-bond acceptors (Lipinski definition) is 4. The molecule has 6 heteroatoms. The van der Waals surface area contributed by atoms with Crippen LogP contribution in [-0.4, -0.2) is 22.1 Å². The monoisotopic (exact) mass is 396 g/mol. The van der Waals surface area contributed by atoms with E-state index in [0.717, 1.165) is 37.9 Å². The molecule has 0 aliphatic rings. The summed E-state index contributed by atoms with van der Waals surface area (Å²) in [6.07, 6.45) is 3.53. The predicted octanol–water partition coefficient (Wildman–Crippen LogP) is 5.21. The smallest absolute Gasteiger partial charge is 0.272 e. The normalized spacial score (nSPS) is 11.4. The van der Waals surface area contributed by atoms with Gasteiger partial charge in [-0.3, -0.25) is 4.79 Å². The third kappa shape index (κ3) is 3.30. The molecular weight excluding hydrogens is 380 g/mol. The van der Waals surface area contributed by atoms with Gasteiger partial charge in [0.2, 0.25) is 0 Å². The molecule has 5 aromatic rings. The fourth-order valence-corrected chi connectivity index (χ4v) is 4.02. The number of fused-ring (bicyclic) bond motifs is 2.